The van der Waals surface area contributed by atoms with Crippen LogP contribution in [0.5, 0.6) is 5.75 Å². The van der Waals surface area contributed by atoms with Gasteiger partial charge in [-0.3, -0.25) is 4.79 Å². The summed E-state index contributed by atoms with van der Waals surface area (Å²) >= 11 is 3.26. The van der Waals surface area contributed by atoms with Gasteiger partial charge in [-0.15, -0.1) is 0 Å². The largest absolute Gasteiger partial charge is 0.425 e. The quantitative estimate of drug-likeness (QED) is 0.504. The molecule has 6 heteroatoms. The maximum Gasteiger partial charge on any atom is 0.334 e. The predicted molar refractivity (Wildman–Crippen MR) is 69.6 cm³/mol. The average molecular weight is 349 g/mol. The highest BCUT2D eigenvalue weighted by molar-refractivity contribution is 14.1. The van der Waals surface area contributed by atoms with Gasteiger partial charge in [0.25, 0.3) is 5.24 Å². The first-order valence-electron chi connectivity index (χ1n) is 4.56. The molecule has 0 bridgehead atoms. The molecule has 0 saturated carbocycles. The van der Waals surface area contributed by atoms with Gasteiger partial charge in [0.1, 0.15) is 11.8 Å². The third kappa shape index (κ3) is 2.88. The number of ether oxygens (including phenoxy) is 1. The zero-order valence-electron chi connectivity index (χ0n) is 8.10. The van der Waals surface area contributed by atoms with Gasteiger partial charge < -0.3 is 10.1 Å². The summed E-state index contributed by atoms with van der Waals surface area (Å²) in [7, 11) is 0. The lowest BCUT2D eigenvalue weighted by Gasteiger charge is -2.08. The van der Waals surface area contributed by atoms with E-state index in [1.807, 2.05) is 12.1 Å². The molecule has 2 rings (SSSR count). The summed E-state index contributed by atoms with van der Waals surface area (Å²) in [5.41, 5.74) is 0. The Bertz CT molecular complexity index is 421. The Morgan fingerprint density at radius 3 is 2.69 bits per heavy atom. The van der Waals surface area contributed by atoms with Crippen LogP contribution in [0.25, 0.3) is 0 Å². The molecule has 1 saturated heterocycles. The van der Waals surface area contributed by atoms with Crippen molar-refractivity contribution in [2.24, 2.45) is 0 Å². The van der Waals surface area contributed by atoms with Gasteiger partial charge in [-0.2, -0.15) is 0 Å². The number of carbonyl (C=O) groups excluding carboxylic acids is 2. The number of halogens is 1. The summed E-state index contributed by atoms with van der Waals surface area (Å²) in [6, 6.07) is 6.63. The smallest absolute Gasteiger partial charge is 0.334 e. The summed E-state index contributed by atoms with van der Waals surface area (Å²) in [5.74, 6) is 0.512. The Balaban J connectivity index is 1.97. The van der Waals surface area contributed by atoms with E-state index in [1.54, 1.807) is 12.1 Å². The molecule has 4 nitrogen and oxygen atoms in total. The lowest BCUT2D eigenvalue weighted by atomic mass is 10.3. The van der Waals surface area contributed by atoms with E-state index in [0.29, 0.717) is 11.5 Å². The molecule has 1 aromatic rings. The highest BCUT2D eigenvalue weighted by atomic mass is 127. The molecule has 1 unspecified atom stereocenters. The zero-order chi connectivity index (χ0) is 11.5. The van der Waals surface area contributed by atoms with E-state index in [4.69, 9.17) is 4.74 Å². The van der Waals surface area contributed by atoms with E-state index in [1.165, 1.54) is 0 Å². The minimum Gasteiger partial charge on any atom is -0.425 e. The van der Waals surface area contributed by atoms with E-state index in [-0.39, 0.29) is 5.24 Å². The number of carbonyl (C=O) groups is 2. The molecule has 1 amide bonds. The van der Waals surface area contributed by atoms with Crippen LogP contribution in [0.1, 0.15) is 0 Å². The molecule has 0 radical (unpaired) electrons. The lowest BCUT2D eigenvalue weighted by molar-refractivity contribution is -0.135. The van der Waals surface area contributed by atoms with Crippen LogP contribution in [0.4, 0.5) is 4.79 Å². The summed E-state index contributed by atoms with van der Waals surface area (Å²) in [6.45, 7) is 0. The van der Waals surface area contributed by atoms with Crippen LogP contribution in [0.15, 0.2) is 24.3 Å². The van der Waals surface area contributed by atoms with Crippen LogP contribution in [0.3, 0.4) is 0 Å². The highest BCUT2D eigenvalue weighted by Crippen LogP contribution is 2.17. The summed E-state index contributed by atoms with van der Waals surface area (Å²) < 4.78 is 6.20. The Labute approximate surface area is 110 Å². The van der Waals surface area contributed by atoms with Gasteiger partial charge in [0.05, 0.1) is 0 Å². The highest BCUT2D eigenvalue weighted by Gasteiger charge is 2.29. The zero-order valence-corrected chi connectivity index (χ0v) is 11.1. The second kappa shape index (κ2) is 5.05. The number of esters is 1. The molecule has 1 atom stereocenters. The number of amides is 1. The number of hydrogen-bond donors (Lipinski definition) is 1. The number of benzene rings is 1. The molecular weight excluding hydrogens is 341 g/mol. The van der Waals surface area contributed by atoms with E-state index in [2.05, 4.69) is 27.9 Å². The van der Waals surface area contributed by atoms with Crippen LogP contribution in [-0.4, -0.2) is 23.0 Å². The minimum absolute atomic E-state index is 0.176. The van der Waals surface area contributed by atoms with Gasteiger partial charge in [0.2, 0.25) is 0 Å². The second-order valence-electron chi connectivity index (χ2n) is 3.17. The Morgan fingerprint density at radius 1 is 1.44 bits per heavy atom. The molecular formula is C10H8INO3S. The third-order valence-corrected chi connectivity index (χ3v) is 3.59. The SMILES string of the molecule is O=C1NC(C(=O)Oc2ccc(I)cc2)CS1. The van der Waals surface area contributed by atoms with Gasteiger partial charge in [-0.1, -0.05) is 11.8 Å². The van der Waals surface area contributed by atoms with E-state index in [0.717, 1.165) is 15.3 Å². The fourth-order valence-electron chi connectivity index (χ4n) is 1.20. The maximum atomic E-state index is 11.6. The van der Waals surface area contributed by atoms with E-state index >= 15 is 0 Å². The van der Waals surface area contributed by atoms with Crippen molar-refractivity contribution in [3.8, 4) is 5.75 Å². The van der Waals surface area contributed by atoms with Crippen LogP contribution < -0.4 is 10.1 Å². The van der Waals surface area contributed by atoms with Gasteiger partial charge in [-0.05, 0) is 46.9 Å². The Kier molecular flexibility index (Phi) is 3.70. The fourth-order valence-corrected chi connectivity index (χ4v) is 2.32. The van der Waals surface area contributed by atoms with Crippen molar-refractivity contribution in [3.05, 3.63) is 27.8 Å². The molecule has 1 aliphatic heterocycles. The topological polar surface area (TPSA) is 55.4 Å². The second-order valence-corrected chi connectivity index (χ2v) is 5.41. The van der Waals surface area contributed by atoms with Gasteiger partial charge in [0, 0.05) is 9.32 Å². The molecule has 1 heterocycles. The van der Waals surface area contributed by atoms with Gasteiger partial charge >= 0.3 is 5.97 Å². The van der Waals surface area contributed by atoms with Crippen LogP contribution in [0, 0.1) is 3.57 Å². The molecule has 1 aromatic carbocycles. The molecule has 0 aliphatic carbocycles. The fraction of sp³-hybridized carbons (Fsp3) is 0.200. The first-order chi connectivity index (χ1) is 7.65. The molecule has 1 N–H and O–H groups in total. The van der Waals surface area contributed by atoms with Gasteiger partial charge in [-0.25, -0.2) is 4.79 Å². The van der Waals surface area contributed by atoms with Crippen molar-refractivity contribution in [2.45, 2.75) is 6.04 Å². The predicted octanol–water partition coefficient (Wildman–Crippen LogP) is 2.02. The number of rotatable bonds is 2. The van der Waals surface area contributed by atoms with Crippen molar-refractivity contribution in [1.82, 2.24) is 5.32 Å². The molecule has 84 valence electrons. The minimum atomic E-state index is -0.531. The summed E-state index contributed by atoms with van der Waals surface area (Å²) in [4.78, 5) is 22.5. The van der Waals surface area contributed by atoms with E-state index < -0.39 is 12.0 Å². The van der Waals surface area contributed by atoms with Crippen LogP contribution >= 0.6 is 34.4 Å². The molecule has 0 aromatic heterocycles. The van der Waals surface area contributed by atoms with Gasteiger partial charge in [0.15, 0.2) is 0 Å². The Hall–Kier alpha value is -0.760. The summed E-state index contributed by atoms with van der Waals surface area (Å²) in [6.07, 6.45) is 0. The molecule has 16 heavy (non-hydrogen) atoms. The first-order valence-corrected chi connectivity index (χ1v) is 6.62. The average Bonchev–Trinajstić information content (AvgIpc) is 2.68. The lowest BCUT2D eigenvalue weighted by Crippen LogP contribution is -2.37. The third-order valence-electron chi connectivity index (χ3n) is 1.99. The summed E-state index contributed by atoms with van der Waals surface area (Å²) in [5, 5.41) is 2.36. The van der Waals surface area contributed by atoms with Crippen LogP contribution in [0.2, 0.25) is 0 Å². The van der Waals surface area contributed by atoms with E-state index in [9.17, 15) is 9.59 Å². The number of hydrogen-bond acceptors (Lipinski definition) is 4. The Morgan fingerprint density at radius 2 is 2.12 bits per heavy atom. The van der Waals surface area contributed by atoms with Crippen molar-refractivity contribution in [3.63, 3.8) is 0 Å². The number of thioether (sulfide) groups is 1. The molecule has 0 spiro atoms. The first kappa shape index (κ1) is 11.7. The van der Waals surface area contributed by atoms with Crippen LogP contribution in [-0.2, 0) is 4.79 Å². The number of nitrogens with one attached hydrogen (secondary N) is 1. The maximum absolute atomic E-state index is 11.6. The standard InChI is InChI=1S/C10H8INO3S/c11-6-1-3-7(4-2-6)15-9(13)8-5-16-10(14)12-8/h1-4,8H,5H2,(H,12,14). The normalized spacial score (nSPS) is 19.3. The molecule has 1 fully saturated rings. The van der Waals surface area contributed by atoms with Crippen molar-refractivity contribution >= 4 is 45.6 Å². The molecule has 1 aliphatic rings. The monoisotopic (exact) mass is 349 g/mol. The van der Waals surface area contributed by atoms with Crippen molar-refractivity contribution in [2.75, 3.05) is 5.75 Å². The van der Waals surface area contributed by atoms with Crippen molar-refractivity contribution in [1.29, 1.82) is 0 Å². The van der Waals surface area contributed by atoms with Crippen molar-refractivity contribution < 1.29 is 14.3 Å².